The molecule has 1 aliphatic rings. The SMILES string of the molecule is CCC1CCCCC1=C(CCCN)COC. The lowest BCUT2D eigenvalue weighted by molar-refractivity contribution is 0.219. The Kier molecular flexibility index (Phi) is 6.74. The molecule has 0 aromatic heterocycles. The fourth-order valence-electron chi connectivity index (χ4n) is 2.82. The molecule has 94 valence electrons. The summed E-state index contributed by atoms with van der Waals surface area (Å²) in [5.41, 5.74) is 8.85. The van der Waals surface area contributed by atoms with Crippen LogP contribution in [0.3, 0.4) is 0 Å². The zero-order valence-electron chi connectivity index (χ0n) is 10.9. The zero-order chi connectivity index (χ0) is 11.8. The first-order valence-corrected chi connectivity index (χ1v) is 6.73. The Hall–Kier alpha value is -0.340. The molecule has 1 unspecified atom stereocenters. The largest absolute Gasteiger partial charge is 0.380 e. The standard InChI is InChI=1S/C14H27NO/c1-3-12-7-4-5-9-14(12)13(11-16-2)8-6-10-15/h12H,3-11,15H2,1-2H3. The average molecular weight is 225 g/mol. The Morgan fingerprint density at radius 2 is 2.25 bits per heavy atom. The van der Waals surface area contributed by atoms with Crippen molar-refractivity contribution in [2.45, 2.75) is 51.9 Å². The summed E-state index contributed by atoms with van der Waals surface area (Å²) in [6.07, 6.45) is 8.95. The molecule has 0 bridgehead atoms. The van der Waals surface area contributed by atoms with Crippen molar-refractivity contribution in [1.82, 2.24) is 0 Å². The molecular weight excluding hydrogens is 198 g/mol. The van der Waals surface area contributed by atoms with E-state index >= 15 is 0 Å². The van der Waals surface area contributed by atoms with Crippen molar-refractivity contribution in [3.05, 3.63) is 11.1 Å². The van der Waals surface area contributed by atoms with Gasteiger partial charge in [-0.1, -0.05) is 18.9 Å². The molecule has 2 N–H and O–H groups in total. The first-order chi connectivity index (χ1) is 7.83. The minimum atomic E-state index is 0.789. The molecule has 0 aromatic carbocycles. The highest BCUT2D eigenvalue weighted by Crippen LogP contribution is 2.34. The molecule has 0 saturated heterocycles. The highest BCUT2D eigenvalue weighted by Gasteiger charge is 2.20. The molecule has 0 spiro atoms. The van der Waals surface area contributed by atoms with Crippen LogP contribution in [0.4, 0.5) is 0 Å². The summed E-state index contributed by atoms with van der Waals surface area (Å²) in [5.74, 6) is 0.816. The number of nitrogens with two attached hydrogens (primary N) is 1. The van der Waals surface area contributed by atoms with Crippen LogP contribution >= 0.6 is 0 Å². The molecule has 2 heteroatoms. The van der Waals surface area contributed by atoms with Crippen molar-refractivity contribution in [2.75, 3.05) is 20.3 Å². The van der Waals surface area contributed by atoms with Crippen molar-refractivity contribution in [3.8, 4) is 0 Å². The lowest BCUT2D eigenvalue weighted by atomic mass is 9.79. The molecule has 0 radical (unpaired) electrons. The topological polar surface area (TPSA) is 35.2 Å². The van der Waals surface area contributed by atoms with Crippen molar-refractivity contribution >= 4 is 0 Å². The predicted molar refractivity (Wildman–Crippen MR) is 69.4 cm³/mol. The Labute approximate surface area is 100 Å². The van der Waals surface area contributed by atoms with E-state index in [4.69, 9.17) is 10.5 Å². The van der Waals surface area contributed by atoms with Gasteiger partial charge >= 0.3 is 0 Å². The molecule has 1 aliphatic carbocycles. The molecule has 1 rings (SSSR count). The normalized spacial score (nSPS) is 24.6. The number of rotatable bonds is 6. The van der Waals surface area contributed by atoms with Crippen LogP contribution in [0.5, 0.6) is 0 Å². The van der Waals surface area contributed by atoms with E-state index in [-0.39, 0.29) is 0 Å². The van der Waals surface area contributed by atoms with Crippen LogP contribution in [-0.4, -0.2) is 20.3 Å². The van der Waals surface area contributed by atoms with Crippen molar-refractivity contribution in [3.63, 3.8) is 0 Å². The lowest BCUT2D eigenvalue weighted by Crippen LogP contribution is -2.14. The third-order valence-electron chi connectivity index (χ3n) is 3.69. The summed E-state index contributed by atoms with van der Waals surface area (Å²) in [7, 11) is 1.80. The smallest absolute Gasteiger partial charge is 0.0675 e. The van der Waals surface area contributed by atoms with Gasteiger partial charge in [0.15, 0.2) is 0 Å². The van der Waals surface area contributed by atoms with Crippen LogP contribution in [0, 0.1) is 5.92 Å². The summed E-state index contributed by atoms with van der Waals surface area (Å²) in [6, 6.07) is 0. The van der Waals surface area contributed by atoms with Gasteiger partial charge in [-0.25, -0.2) is 0 Å². The molecule has 16 heavy (non-hydrogen) atoms. The molecule has 2 nitrogen and oxygen atoms in total. The van der Waals surface area contributed by atoms with E-state index in [9.17, 15) is 0 Å². The molecule has 0 amide bonds. The average Bonchev–Trinajstić information content (AvgIpc) is 2.34. The van der Waals surface area contributed by atoms with Gasteiger partial charge in [-0.3, -0.25) is 0 Å². The first-order valence-electron chi connectivity index (χ1n) is 6.73. The third-order valence-corrected chi connectivity index (χ3v) is 3.69. The summed E-state index contributed by atoms with van der Waals surface area (Å²) >= 11 is 0. The van der Waals surface area contributed by atoms with Crippen LogP contribution in [0.15, 0.2) is 11.1 Å². The second kappa shape index (κ2) is 7.86. The van der Waals surface area contributed by atoms with Gasteiger partial charge in [0.05, 0.1) is 6.61 Å². The van der Waals surface area contributed by atoms with Crippen LogP contribution in [0.25, 0.3) is 0 Å². The fraction of sp³-hybridized carbons (Fsp3) is 0.857. The molecule has 0 heterocycles. The van der Waals surface area contributed by atoms with E-state index in [1.165, 1.54) is 32.1 Å². The van der Waals surface area contributed by atoms with Gasteiger partial charge in [-0.05, 0) is 56.6 Å². The van der Waals surface area contributed by atoms with E-state index < -0.39 is 0 Å². The maximum absolute atomic E-state index is 5.61. The van der Waals surface area contributed by atoms with E-state index in [1.54, 1.807) is 18.3 Å². The van der Waals surface area contributed by atoms with E-state index in [1.807, 2.05) is 0 Å². The van der Waals surface area contributed by atoms with Crippen LogP contribution in [0.2, 0.25) is 0 Å². The highest BCUT2D eigenvalue weighted by molar-refractivity contribution is 5.19. The Morgan fingerprint density at radius 1 is 1.44 bits per heavy atom. The lowest BCUT2D eigenvalue weighted by Gasteiger charge is -2.27. The summed E-state index contributed by atoms with van der Waals surface area (Å²) in [4.78, 5) is 0. The molecular formula is C14H27NO. The first kappa shape index (κ1) is 13.7. The quantitative estimate of drug-likeness (QED) is 0.704. The van der Waals surface area contributed by atoms with Gasteiger partial charge in [-0.15, -0.1) is 0 Å². The van der Waals surface area contributed by atoms with Gasteiger partial charge in [0.1, 0.15) is 0 Å². The second-order valence-electron chi connectivity index (χ2n) is 4.80. The van der Waals surface area contributed by atoms with E-state index in [0.717, 1.165) is 31.9 Å². The van der Waals surface area contributed by atoms with Crippen molar-refractivity contribution < 1.29 is 4.74 Å². The minimum absolute atomic E-state index is 0.789. The predicted octanol–water partition coefficient (Wildman–Crippen LogP) is 3.27. The van der Waals surface area contributed by atoms with Gasteiger partial charge in [0.2, 0.25) is 0 Å². The highest BCUT2D eigenvalue weighted by atomic mass is 16.5. The van der Waals surface area contributed by atoms with Crippen molar-refractivity contribution in [2.24, 2.45) is 11.7 Å². The van der Waals surface area contributed by atoms with Crippen LogP contribution in [0.1, 0.15) is 51.9 Å². The van der Waals surface area contributed by atoms with Gasteiger partial charge in [0.25, 0.3) is 0 Å². The summed E-state index contributed by atoms with van der Waals surface area (Å²) in [5, 5.41) is 0. The molecule has 1 saturated carbocycles. The molecule has 1 fully saturated rings. The summed E-state index contributed by atoms with van der Waals surface area (Å²) in [6.45, 7) is 3.91. The fourth-order valence-corrected chi connectivity index (χ4v) is 2.82. The number of hydrogen-bond acceptors (Lipinski definition) is 2. The van der Waals surface area contributed by atoms with Gasteiger partial charge < -0.3 is 10.5 Å². The number of allylic oxidation sites excluding steroid dienone is 1. The maximum Gasteiger partial charge on any atom is 0.0675 e. The minimum Gasteiger partial charge on any atom is -0.380 e. The molecule has 0 aromatic rings. The maximum atomic E-state index is 5.61. The number of methoxy groups -OCH3 is 1. The monoisotopic (exact) mass is 225 g/mol. The Bertz CT molecular complexity index is 223. The van der Waals surface area contributed by atoms with Crippen molar-refractivity contribution in [1.29, 1.82) is 0 Å². The molecule has 0 aliphatic heterocycles. The Morgan fingerprint density at radius 3 is 2.88 bits per heavy atom. The number of hydrogen-bond donors (Lipinski definition) is 1. The third kappa shape index (κ3) is 3.91. The number of ether oxygens (including phenoxy) is 1. The van der Waals surface area contributed by atoms with E-state index in [0.29, 0.717) is 0 Å². The van der Waals surface area contributed by atoms with E-state index in [2.05, 4.69) is 6.92 Å². The second-order valence-corrected chi connectivity index (χ2v) is 4.80. The molecule has 1 atom stereocenters. The van der Waals surface area contributed by atoms with Gasteiger partial charge in [-0.2, -0.15) is 0 Å². The zero-order valence-corrected chi connectivity index (χ0v) is 10.9. The Balaban J connectivity index is 2.73. The van der Waals surface area contributed by atoms with Crippen LogP contribution < -0.4 is 5.73 Å². The van der Waals surface area contributed by atoms with Gasteiger partial charge in [0, 0.05) is 7.11 Å². The van der Waals surface area contributed by atoms with Crippen LogP contribution in [-0.2, 0) is 4.74 Å². The summed E-state index contributed by atoms with van der Waals surface area (Å²) < 4.78 is 5.35.